The van der Waals surface area contributed by atoms with Crippen LogP contribution >= 0.6 is 0 Å². The molecule has 0 amide bonds. The first kappa shape index (κ1) is 8.58. The minimum Gasteiger partial charge on any atom is -0.393 e. The van der Waals surface area contributed by atoms with E-state index < -0.39 is 0 Å². The van der Waals surface area contributed by atoms with E-state index in [4.69, 9.17) is 0 Å². The summed E-state index contributed by atoms with van der Waals surface area (Å²) in [4.78, 5) is 0. The van der Waals surface area contributed by atoms with Gasteiger partial charge in [-0.3, -0.25) is 0 Å². The topological polar surface area (TPSA) is 20.2 Å². The molecule has 0 bridgehead atoms. The molecule has 0 aromatic rings. The van der Waals surface area contributed by atoms with Gasteiger partial charge < -0.3 is 5.11 Å². The van der Waals surface area contributed by atoms with Crippen LogP contribution in [-0.4, -0.2) is 11.2 Å². The van der Waals surface area contributed by atoms with Crippen molar-refractivity contribution in [2.24, 2.45) is 5.92 Å². The predicted octanol–water partition coefficient (Wildman–Crippen LogP) is 2.27. The maximum atomic E-state index is 9.39. The Balaban J connectivity index is 2.67. The largest absolute Gasteiger partial charge is 0.393 e. The highest BCUT2D eigenvalue weighted by molar-refractivity contribution is 5.08. The van der Waals surface area contributed by atoms with Crippen molar-refractivity contribution in [2.75, 3.05) is 0 Å². The predicted molar refractivity (Wildman–Crippen MR) is 46.3 cm³/mol. The molecule has 1 fully saturated rings. The molecule has 0 saturated heterocycles. The minimum atomic E-state index is -0.223. The van der Waals surface area contributed by atoms with Gasteiger partial charge in [0.15, 0.2) is 0 Å². The van der Waals surface area contributed by atoms with Crippen molar-refractivity contribution in [3.8, 4) is 0 Å². The Bertz CT molecular complexity index is 175. The summed E-state index contributed by atoms with van der Waals surface area (Å²) < 4.78 is 0. The summed E-state index contributed by atoms with van der Waals surface area (Å²) in [7, 11) is 0. The van der Waals surface area contributed by atoms with Gasteiger partial charge in [-0.15, -0.1) is 5.73 Å². The summed E-state index contributed by atoms with van der Waals surface area (Å²) in [5.41, 5.74) is 4.17. The quantitative estimate of drug-likeness (QED) is 0.571. The first-order chi connectivity index (χ1) is 5.25. The number of hydrogen-bond donors (Lipinski definition) is 1. The van der Waals surface area contributed by atoms with Gasteiger partial charge in [0.2, 0.25) is 0 Å². The van der Waals surface area contributed by atoms with Crippen molar-refractivity contribution in [2.45, 2.75) is 38.7 Å². The molecule has 1 aliphatic carbocycles. The minimum absolute atomic E-state index is 0.223. The lowest BCUT2D eigenvalue weighted by Gasteiger charge is -2.25. The maximum absolute atomic E-state index is 9.39. The third-order valence-electron chi connectivity index (χ3n) is 2.47. The molecule has 62 valence electrons. The molecule has 11 heavy (non-hydrogen) atoms. The van der Waals surface area contributed by atoms with Crippen LogP contribution in [0.4, 0.5) is 0 Å². The lowest BCUT2D eigenvalue weighted by Crippen LogP contribution is -2.21. The smallest absolute Gasteiger partial charge is 0.0583 e. The van der Waals surface area contributed by atoms with Gasteiger partial charge in [-0.2, -0.15) is 0 Å². The normalized spacial score (nSPS) is 27.8. The van der Waals surface area contributed by atoms with Crippen LogP contribution in [0.1, 0.15) is 32.6 Å². The van der Waals surface area contributed by atoms with E-state index in [9.17, 15) is 5.11 Å². The van der Waals surface area contributed by atoms with Crippen LogP contribution in [0.25, 0.3) is 0 Å². The lowest BCUT2D eigenvalue weighted by molar-refractivity contribution is 0.129. The molecule has 0 unspecified atom stereocenters. The zero-order chi connectivity index (χ0) is 8.27. The Labute approximate surface area is 68.4 Å². The van der Waals surface area contributed by atoms with Crippen LogP contribution in [0.5, 0.6) is 0 Å². The van der Waals surface area contributed by atoms with Crippen LogP contribution in [0.2, 0.25) is 0 Å². The molecule has 1 saturated carbocycles. The lowest BCUT2D eigenvalue weighted by atomic mass is 9.82. The number of aliphatic hydroxyl groups is 1. The molecular weight excluding hydrogens is 136 g/mol. The summed E-state index contributed by atoms with van der Waals surface area (Å²) >= 11 is 0. The van der Waals surface area contributed by atoms with Crippen LogP contribution < -0.4 is 0 Å². The summed E-state index contributed by atoms with van der Waals surface area (Å²) in [6.07, 6.45) is 4.44. The molecule has 1 nitrogen and oxygen atoms in total. The Morgan fingerprint density at radius 1 is 1.64 bits per heavy atom. The Morgan fingerprint density at radius 3 is 2.82 bits per heavy atom. The van der Waals surface area contributed by atoms with E-state index in [1.807, 2.05) is 6.92 Å². The summed E-state index contributed by atoms with van der Waals surface area (Å²) in [6, 6.07) is 0. The second kappa shape index (κ2) is 3.75. The zero-order valence-corrected chi connectivity index (χ0v) is 7.14. The van der Waals surface area contributed by atoms with Gasteiger partial charge in [0, 0.05) is 5.92 Å². The van der Waals surface area contributed by atoms with Gasteiger partial charge in [0.05, 0.1) is 6.10 Å². The Morgan fingerprint density at radius 2 is 2.36 bits per heavy atom. The molecule has 0 aromatic heterocycles. The average Bonchev–Trinajstić information content (AvgIpc) is 2.04. The van der Waals surface area contributed by atoms with Crippen LogP contribution in [0, 0.1) is 5.92 Å². The van der Waals surface area contributed by atoms with Gasteiger partial charge in [0.1, 0.15) is 0 Å². The molecule has 1 heteroatoms. The summed E-state index contributed by atoms with van der Waals surface area (Å²) in [5, 5.41) is 9.39. The van der Waals surface area contributed by atoms with Gasteiger partial charge in [-0.1, -0.05) is 13.0 Å². The number of rotatable bonds is 1. The third-order valence-corrected chi connectivity index (χ3v) is 2.47. The highest BCUT2D eigenvalue weighted by Crippen LogP contribution is 2.30. The van der Waals surface area contributed by atoms with E-state index in [0.717, 1.165) is 12.8 Å². The molecule has 1 rings (SSSR count). The third kappa shape index (κ3) is 1.95. The first-order valence-electron chi connectivity index (χ1n) is 4.32. The van der Waals surface area contributed by atoms with E-state index in [1.165, 1.54) is 18.4 Å². The van der Waals surface area contributed by atoms with Crippen LogP contribution in [0.3, 0.4) is 0 Å². The van der Waals surface area contributed by atoms with Crippen molar-refractivity contribution in [3.05, 3.63) is 17.9 Å². The maximum Gasteiger partial charge on any atom is 0.0583 e. The second-order valence-corrected chi connectivity index (χ2v) is 3.29. The van der Waals surface area contributed by atoms with Crippen molar-refractivity contribution in [3.63, 3.8) is 0 Å². The molecule has 0 aromatic carbocycles. The van der Waals surface area contributed by atoms with Crippen molar-refractivity contribution in [1.29, 1.82) is 0 Å². The highest BCUT2D eigenvalue weighted by atomic mass is 16.3. The fraction of sp³-hybridized carbons (Fsp3) is 0.700. The highest BCUT2D eigenvalue weighted by Gasteiger charge is 2.22. The molecule has 0 spiro atoms. The Kier molecular flexibility index (Phi) is 2.92. The average molecular weight is 152 g/mol. The first-order valence-corrected chi connectivity index (χ1v) is 4.32. The molecule has 1 aliphatic rings. The van der Waals surface area contributed by atoms with Gasteiger partial charge in [-0.05, 0) is 31.8 Å². The van der Waals surface area contributed by atoms with Crippen LogP contribution in [0.15, 0.2) is 17.9 Å². The fourth-order valence-corrected chi connectivity index (χ4v) is 1.79. The SMILES string of the molecule is C=C=C1CCCC[C@@H]1[C@@H](C)O. The molecule has 2 atom stereocenters. The van der Waals surface area contributed by atoms with Crippen molar-refractivity contribution < 1.29 is 5.11 Å². The van der Waals surface area contributed by atoms with Gasteiger partial charge in [0.25, 0.3) is 0 Å². The van der Waals surface area contributed by atoms with Crippen LogP contribution in [-0.2, 0) is 0 Å². The number of aliphatic hydroxyl groups excluding tert-OH is 1. The molecule has 0 radical (unpaired) electrons. The van der Waals surface area contributed by atoms with Crippen molar-refractivity contribution >= 4 is 0 Å². The van der Waals surface area contributed by atoms with E-state index in [1.54, 1.807) is 0 Å². The Hall–Kier alpha value is -0.520. The number of hydrogen-bond acceptors (Lipinski definition) is 1. The van der Waals surface area contributed by atoms with Gasteiger partial charge in [-0.25, -0.2) is 0 Å². The standard InChI is InChI=1S/C10H16O/c1-3-9-6-4-5-7-10(9)8(2)11/h8,10-11H,1,4-7H2,2H3/t8-,10-/m1/s1. The molecule has 1 N–H and O–H groups in total. The van der Waals surface area contributed by atoms with E-state index in [-0.39, 0.29) is 6.10 Å². The van der Waals surface area contributed by atoms with E-state index >= 15 is 0 Å². The fourth-order valence-electron chi connectivity index (χ4n) is 1.79. The summed E-state index contributed by atoms with van der Waals surface area (Å²) in [5.74, 6) is 0.334. The molecule has 0 heterocycles. The zero-order valence-electron chi connectivity index (χ0n) is 7.14. The second-order valence-electron chi connectivity index (χ2n) is 3.29. The van der Waals surface area contributed by atoms with Gasteiger partial charge >= 0.3 is 0 Å². The van der Waals surface area contributed by atoms with E-state index in [0.29, 0.717) is 5.92 Å². The van der Waals surface area contributed by atoms with Crippen molar-refractivity contribution in [1.82, 2.24) is 0 Å². The monoisotopic (exact) mass is 152 g/mol. The molecular formula is C10H16O. The summed E-state index contributed by atoms with van der Waals surface area (Å²) in [6.45, 7) is 5.50. The van der Waals surface area contributed by atoms with E-state index in [2.05, 4.69) is 12.3 Å². The molecule has 0 aliphatic heterocycles.